The number of unbranched alkanes of at least 4 members (excludes halogenated alkanes) is 2. The number of nitrogens with one attached hydrogen (secondary N) is 1. The molecule has 1 aromatic rings. The summed E-state index contributed by atoms with van der Waals surface area (Å²) < 4.78 is 5.84. The Bertz CT molecular complexity index is 358. The topological polar surface area (TPSA) is 28.4 Å². The molecule has 1 aromatic heterocycles. The molecule has 3 nitrogen and oxygen atoms in total. The van der Waals surface area contributed by atoms with Gasteiger partial charge in [0.1, 0.15) is 11.5 Å². The molecule has 0 bridgehead atoms. The Morgan fingerprint density at radius 3 is 2.68 bits per heavy atom. The number of hydrogen-bond acceptors (Lipinski definition) is 3. The van der Waals surface area contributed by atoms with Gasteiger partial charge in [0.2, 0.25) is 0 Å². The average molecular weight is 266 g/mol. The molecule has 0 spiro atoms. The van der Waals surface area contributed by atoms with Crippen molar-refractivity contribution < 1.29 is 4.42 Å². The SMILES string of the molecule is CCCCCN(C)Cc1cc(CNC(C)C)c(C)o1. The van der Waals surface area contributed by atoms with Gasteiger partial charge in [-0.05, 0) is 33.0 Å². The first-order valence-electron chi connectivity index (χ1n) is 7.53. The third-order valence-corrected chi connectivity index (χ3v) is 3.34. The summed E-state index contributed by atoms with van der Waals surface area (Å²) in [6, 6.07) is 2.70. The Kier molecular flexibility index (Phi) is 7.17. The van der Waals surface area contributed by atoms with Gasteiger partial charge in [-0.25, -0.2) is 0 Å². The average Bonchev–Trinajstić information content (AvgIpc) is 2.67. The first kappa shape index (κ1) is 16.3. The number of hydrogen-bond donors (Lipinski definition) is 1. The number of nitrogens with zero attached hydrogens (tertiary/aromatic N) is 1. The summed E-state index contributed by atoms with van der Waals surface area (Å²) in [6.45, 7) is 11.6. The van der Waals surface area contributed by atoms with Crippen molar-refractivity contribution in [2.75, 3.05) is 13.6 Å². The zero-order chi connectivity index (χ0) is 14.3. The largest absolute Gasteiger partial charge is 0.465 e. The highest BCUT2D eigenvalue weighted by molar-refractivity contribution is 5.20. The van der Waals surface area contributed by atoms with E-state index in [0.29, 0.717) is 6.04 Å². The lowest BCUT2D eigenvalue weighted by Crippen LogP contribution is -2.21. The molecule has 1 N–H and O–H groups in total. The Hall–Kier alpha value is -0.800. The molecule has 0 aromatic carbocycles. The van der Waals surface area contributed by atoms with Crippen molar-refractivity contribution in [2.45, 2.75) is 66.1 Å². The monoisotopic (exact) mass is 266 g/mol. The molecule has 0 atom stereocenters. The van der Waals surface area contributed by atoms with E-state index in [4.69, 9.17) is 4.42 Å². The van der Waals surface area contributed by atoms with Gasteiger partial charge in [-0.15, -0.1) is 0 Å². The van der Waals surface area contributed by atoms with Crippen LogP contribution < -0.4 is 5.32 Å². The summed E-state index contributed by atoms with van der Waals surface area (Å²) in [6.07, 6.45) is 3.86. The fourth-order valence-corrected chi connectivity index (χ4v) is 2.13. The summed E-state index contributed by atoms with van der Waals surface area (Å²) in [4.78, 5) is 2.34. The molecule has 0 aliphatic heterocycles. The smallest absolute Gasteiger partial charge is 0.118 e. The van der Waals surface area contributed by atoms with E-state index < -0.39 is 0 Å². The number of aryl methyl sites for hydroxylation is 1. The van der Waals surface area contributed by atoms with E-state index in [2.05, 4.69) is 51.0 Å². The zero-order valence-electron chi connectivity index (χ0n) is 13.3. The predicted molar refractivity (Wildman–Crippen MR) is 81.3 cm³/mol. The van der Waals surface area contributed by atoms with Crippen LogP contribution in [0.15, 0.2) is 10.5 Å². The fraction of sp³-hybridized carbons (Fsp3) is 0.750. The van der Waals surface area contributed by atoms with Gasteiger partial charge in [-0.1, -0.05) is 33.6 Å². The van der Waals surface area contributed by atoms with Crippen molar-refractivity contribution in [1.29, 1.82) is 0 Å². The fourth-order valence-electron chi connectivity index (χ4n) is 2.13. The van der Waals surface area contributed by atoms with E-state index in [9.17, 15) is 0 Å². The van der Waals surface area contributed by atoms with Crippen LogP contribution in [0.4, 0.5) is 0 Å². The van der Waals surface area contributed by atoms with Crippen LogP contribution in [0.25, 0.3) is 0 Å². The van der Waals surface area contributed by atoms with E-state index in [1.807, 2.05) is 0 Å². The van der Waals surface area contributed by atoms with Crippen LogP contribution in [0, 0.1) is 6.92 Å². The van der Waals surface area contributed by atoms with Crippen molar-refractivity contribution in [3.8, 4) is 0 Å². The predicted octanol–water partition coefficient (Wildman–Crippen LogP) is 3.71. The third-order valence-electron chi connectivity index (χ3n) is 3.34. The van der Waals surface area contributed by atoms with Gasteiger partial charge in [0.05, 0.1) is 6.54 Å². The van der Waals surface area contributed by atoms with Crippen molar-refractivity contribution >= 4 is 0 Å². The van der Waals surface area contributed by atoms with Crippen LogP contribution in [-0.4, -0.2) is 24.5 Å². The minimum absolute atomic E-state index is 0.509. The normalized spacial score (nSPS) is 11.7. The Labute approximate surface area is 118 Å². The highest BCUT2D eigenvalue weighted by Crippen LogP contribution is 2.16. The Morgan fingerprint density at radius 1 is 1.32 bits per heavy atom. The van der Waals surface area contributed by atoms with E-state index >= 15 is 0 Å². The molecule has 1 rings (SSSR count). The summed E-state index contributed by atoms with van der Waals surface area (Å²) in [5.74, 6) is 2.13. The molecule has 19 heavy (non-hydrogen) atoms. The molecule has 0 fully saturated rings. The van der Waals surface area contributed by atoms with Gasteiger partial charge < -0.3 is 9.73 Å². The molecule has 0 radical (unpaired) electrons. The second-order valence-electron chi connectivity index (χ2n) is 5.77. The Morgan fingerprint density at radius 2 is 2.05 bits per heavy atom. The molecule has 3 heteroatoms. The lowest BCUT2D eigenvalue weighted by Gasteiger charge is -2.14. The van der Waals surface area contributed by atoms with Crippen molar-refractivity contribution in [3.63, 3.8) is 0 Å². The molecule has 110 valence electrons. The molecule has 0 saturated carbocycles. The van der Waals surface area contributed by atoms with Crippen molar-refractivity contribution in [1.82, 2.24) is 10.2 Å². The quantitative estimate of drug-likeness (QED) is 0.691. The summed E-state index contributed by atoms with van der Waals surface area (Å²) >= 11 is 0. The molecular formula is C16H30N2O. The maximum atomic E-state index is 5.84. The van der Waals surface area contributed by atoms with E-state index in [1.165, 1.54) is 24.8 Å². The maximum Gasteiger partial charge on any atom is 0.118 e. The van der Waals surface area contributed by atoms with Crippen LogP contribution in [-0.2, 0) is 13.1 Å². The zero-order valence-corrected chi connectivity index (χ0v) is 13.3. The van der Waals surface area contributed by atoms with Gasteiger partial charge in [0.15, 0.2) is 0 Å². The summed E-state index contributed by atoms with van der Waals surface area (Å²) in [5, 5.41) is 3.44. The summed E-state index contributed by atoms with van der Waals surface area (Å²) in [7, 11) is 2.17. The van der Waals surface area contributed by atoms with Crippen LogP contribution >= 0.6 is 0 Å². The molecule has 0 aliphatic carbocycles. The standard InChI is InChI=1S/C16H30N2O/c1-6-7-8-9-18(5)12-16-10-15(14(4)19-16)11-17-13(2)3/h10,13,17H,6-9,11-12H2,1-5H3. The first-order chi connectivity index (χ1) is 9.02. The minimum Gasteiger partial charge on any atom is -0.465 e. The van der Waals surface area contributed by atoms with Gasteiger partial charge in [-0.2, -0.15) is 0 Å². The molecule has 0 aliphatic rings. The lowest BCUT2D eigenvalue weighted by atomic mass is 10.2. The summed E-state index contributed by atoms with van der Waals surface area (Å²) in [5.41, 5.74) is 1.28. The highest BCUT2D eigenvalue weighted by Gasteiger charge is 2.09. The number of rotatable bonds is 9. The molecule has 0 unspecified atom stereocenters. The molecular weight excluding hydrogens is 236 g/mol. The molecule has 1 heterocycles. The van der Waals surface area contributed by atoms with Crippen molar-refractivity contribution in [2.24, 2.45) is 0 Å². The van der Waals surface area contributed by atoms with Gasteiger partial charge in [0.25, 0.3) is 0 Å². The van der Waals surface area contributed by atoms with Crippen LogP contribution in [0.3, 0.4) is 0 Å². The van der Waals surface area contributed by atoms with Gasteiger partial charge >= 0.3 is 0 Å². The van der Waals surface area contributed by atoms with E-state index in [1.54, 1.807) is 0 Å². The third kappa shape index (κ3) is 6.26. The highest BCUT2D eigenvalue weighted by atomic mass is 16.3. The maximum absolute atomic E-state index is 5.84. The van der Waals surface area contributed by atoms with Crippen LogP contribution in [0.1, 0.15) is 57.1 Å². The second kappa shape index (κ2) is 8.39. The van der Waals surface area contributed by atoms with E-state index in [-0.39, 0.29) is 0 Å². The second-order valence-corrected chi connectivity index (χ2v) is 5.77. The van der Waals surface area contributed by atoms with Gasteiger partial charge in [-0.3, -0.25) is 4.90 Å². The van der Waals surface area contributed by atoms with Crippen molar-refractivity contribution in [3.05, 3.63) is 23.2 Å². The van der Waals surface area contributed by atoms with Crippen LogP contribution in [0.5, 0.6) is 0 Å². The molecule has 0 saturated heterocycles. The minimum atomic E-state index is 0.509. The number of furan rings is 1. The first-order valence-corrected chi connectivity index (χ1v) is 7.53. The van der Waals surface area contributed by atoms with Crippen LogP contribution in [0.2, 0.25) is 0 Å². The van der Waals surface area contributed by atoms with E-state index in [0.717, 1.165) is 31.2 Å². The van der Waals surface area contributed by atoms with Gasteiger partial charge in [0, 0.05) is 18.2 Å². The lowest BCUT2D eigenvalue weighted by molar-refractivity contribution is 0.286. The Balaban J connectivity index is 2.43. The molecule has 0 amide bonds.